The van der Waals surface area contributed by atoms with Gasteiger partial charge in [-0.25, -0.2) is 0 Å². The summed E-state index contributed by atoms with van der Waals surface area (Å²) < 4.78 is 5.13. The lowest BCUT2D eigenvalue weighted by molar-refractivity contribution is -0.118. The molecular formula is C22H33N3O3. The van der Waals surface area contributed by atoms with Crippen molar-refractivity contribution in [2.45, 2.75) is 32.1 Å². The van der Waals surface area contributed by atoms with E-state index >= 15 is 0 Å². The van der Waals surface area contributed by atoms with Crippen LogP contribution < -0.4 is 4.90 Å². The fourth-order valence-corrected chi connectivity index (χ4v) is 4.09. The number of ether oxygens (including phenoxy) is 1. The first-order chi connectivity index (χ1) is 13.7. The number of hydrogen-bond acceptors (Lipinski definition) is 5. The summed E-state index contributed by atoms with van der Waals surface area (Å²) in [7, 11) is 1.76. The lowest BCUT2D eigenvalue weighted by Crippen LogP contribution is -2.47. The summed E-state index contributed by atoms with van der Waals surface area (Å²) in [5.41, 5.74) is 1.48. The van der Waals surface area contributed by atoms with E-state index in [2.05, 4.69) is 9.80 Å². The number of anilines is 1. The third kappa shape index (κ3) is 5.63. The van der Waals surface area contributed by atoms with Gasteiger partial charge >= 0.3 is 0 Å². The number of hydrogen-bond donors (Lipinski definition) is 0. The van der Waals surface area contributed by atoms with E-state index in [0.29, 0.717) is 24.9 Å². The first-order valence-electron chi connectivity index (χ1n) is 10.6. The van der Waals surface area contributed by atoms with E-state index in [1.54, 1.807) is 7.11 Å². The number of fused-ring (bicyclic) bond motifs is 1. The van der Waals surface area contributed by atoms with Gasteiger partial charge in [-0.1, -0.05) is 12.1 Å². The highest BCUT2D eigenvalue weighted by Gasteiger charge is 2.26. The largest absolute Gasteiger partial charge is 0.385 e. The Morgan fingerprint density at radius 2 is 1.50 bits per heavy atom. The summed E-state index contributed by atoms with van der Waals surface area (Å²) in [4.78, 5) is 31.6. The van der Waals surface area contributed by atoms with Gasteiger partial charge in [0.1, 0.15) is 0 Å². The van der Waals surface area contributed by atoms with Gasteiger partial charge in [0.05, 0.1) is 5.69 Å². The van der Waals surface area contributed by atoms with Crippen LogP contribution in [0.2, 0.25) is 0 Å². The molecule has 0 aromatic heterocycles. The van der Waals surface area contributed by atoms with Crippen LogP contribution in [0.1, 0.15) is 42.5 Å². The standard InChI is InChI=1S/C22H33N3O3/c1-28-18-6-12-24-16-14-23(15-17-24)11-4-5-13-25-20-8-3-2-7-19(20)21(26)9-10-22(25)27/h2-3,7-8H,4-6,9-18H2,1H3. The Balaban J connectivity index is 1.41. The minimum Gasteiger partial charge on any atom is -0.385 e. The molecule has 1 amide bonds. The first kappa shape index (κ1) is 21.0. The minimum atomic E-state index is 0.0722. The molecule has 1 aromatic carbocycles. The van der Waals surface area contributed by atoms with Crippen molar-refractivity contribution in [2.24, 2.45) is 0 Å². The lowest BCUT2D eigenvalue weighted by Gasteiger charge is -2.34. The first-order valence-corrected chi connectivity index (χ1v) is 10.6. The number of carbonyl (C=O) groups is 2. The number of nitrogens with zero attached hydrogens (tertiary/aromatic N) is 3. The molecule has 6 heteroatoms. The zero-order valence-electron chi connectivity index (χ0n) is 17.1. The second-order valence-electron chi connectivity index (χ2n) is 7.72. The van der Waals surface area contributed by atoms with Crippen molar-refractivity contribution >= 4 is 17.4 Å². The van der Waals surface area contributed by atoms with Gasteiger partial charge in [-0.15, -0.1) is 0 Å². The van der Waals surface area contributed by atoms with Crippen molar-refractivity contribution in [3.05, 3.63) is 29.8 Å². The Morgan fingerprint density at radius 3 is 2.21 bits per heavy atom. The average Bonchev–Trinajstić information content (AvgIpc) is 2.84. The number of para-hydroxylation sites is 1. The van der Waals surface area contributed by atoms with Gasteiger partial charge in [-0.2, -0.15) is 0 Å². The average molecular weight is 388 g/mol. The molecule has 0 spiro atoms. The van der Waals surface area contributed by atoms with Crippen molar-refractivity contribution < 1.29 is 14.3 Å². The van der Waals surface area contributed by atoms with Crippen LogP contribution in [0, 0.1) is 0 Å². The van der Waals surface area contributed by atoms with E-state index in [-0.39, 0.29) is 11.7 Å². The number of rotatable bonds is 9. The fourth-order valence-electron chi connectivity index (χ4n) is 4.09. The fraction of sp³-hybridized carbons (Fsp3) is 0.636. The maximum Gasteiger partial charge on any atom is 0.227 e. The number of unbranched alkanes of at least 4 members (excludes halogenated alkanes) is 1. The van der Waals surface area contributed by atoms with Crippen molar-refractivity contribution in [1.82, 2.24) is 9.80 Å². The molecule has 154 valence electrons. The smallest absolute Gasteiger partial charge is 0.227 e. The van der Waals surface area contributed by atoms with Crippen molar-refractivity contribution in [1.29, 1.82) is 0 Å². The molecule has 2 heterocycles. The Morgan fingerprint density at radius 1 is 0.857 bits per heavy atom. The number of carbonyl (C=O) groups excluding carboxylic acids is 2. The predicted molar refractivity (Wildman–Crippen MR) is 111 cm³/mol. The summed E-state index contributed by atoms with van der Waals surface area (Å²) >= 11 is 0. The molecule has 1 fully saturated rings. The topological polar surface area (TPSA) is 53.1 Å². The molecule has 6 nitrogen and oxygen atoms in total. The van der Waals surface area contributed by atoms with Crippen LogP contribution >= 0.6 is 0 Å². The van der Waals surface area contributed by atoms with Crippen LogP contribution in [0.4, 0.5) is 5.69 Å². The van der Waals surface area contributed by atoms with E-state index in [9.17, 15) is 9.59 Å². The Bertz CT molecular complexity index is 656. The van der Waals surface area contributed by atoms with Crippen LogP contribution in [0.15, 0.2) is 24.3 Å². The predicted octanol–water partition coefficient (Wildman–Crippen LogP) is 2.43. The molecular weight excluding hydrogens is 354 g/mol. The quantitative estimate of drug-likeness (QED) is 0.609. The second kappa shape index (κ2) is 10.7. The normalized spacial score (nSPS) is 19.0. The van der Waals surface area contributed by atoms with E-state index in [1.807, 2.05) is 29.2 Å². The highest BCUT2D eigenvalue weighted by molar-refractivity contribution is 6.09. The molecule has 2 aliphatic heterocycles. The number of ketones is 1. The maximum absolute atomic E-state index is 12.5. The van der Waals surface area contributed by atoms with Crippen LogP contribution in [0.25, 0.3) is 0 Å². The SMILES string of the molecule is COCCCN1CCN(CCCCN2C(=O)CCC(=O)c3ccccc32)CC1. The molecule has 1 saturated heterocycles. The number of Topliss-reactive ketones (excluding diaryl/α,β-unsaturated/α-hetero) is 1. The zero-order valence-corrected chi connectivity index (χ0v) is 17.1. The Labute approximate surface area is 168 Å². The van der Waals surface area contributed by atoms with Crippen molar-refractivity contribution in [2.75, 3.05) is 64.4 Å². The summed E-state index contributed by atoms with van der Waals surface area (Å²) in [6.07, 6.45) is 3.77. The van der Waals surface area contributed by atoms with Gasteiger partial charge in [0.15, 0.2) is 5.78 Å². The van der Waals surface area contributed by atoms with Gasteiger partial charge in [0.25, 0.3) is 0 Å². The second-order valence-corrected chi connectivity index (χ2v) is 7.72. The molecule has 1 aromatic rings. The molecule has 0 bridgehead atoms. The zero-order chi connectivity index (χ0) is 19.8. The lowest BCUT2D eigenvalue weighted by atomic mass is 10.1. The van der Waals surface area contributed by atoms with Crippen LogP contribution in [-0.2, 0) is 9.53 Å². The molecule has 0 unspecified atom stereocenters. The third-order valence-electron chi connectivity index (χ3n) is 5.76. The van der Waals surface area contributed by atoms with E-state index in [1.165, 1.54) is 0 Å². The van der Waals surface area contributed by atoms with Gasteiger partial charge in [-0.3, -0.25) is 9.59 Å². The summed E-state index contributed by atoms with van der Waals surface area (Å²) in [5.74, 6) is 0.151. The van der Waals surface area contributed by atoms with Gasteiger partial charge in [0, 0.05) is 71.4 Å². The molecule has 28 heavy (non-hydrogen) atoms. The third-order valence-corrected chi connectivity index (χ3v) is 5.76. The molecule has 0 saturated carbocycles. The number of methoxy groups -OCH3 is 1. The molecule has 3 rings (SSSR count). The molecule has 2 aliphatic rings. The molecule has 0 atom stereocenters. The minimum absolute atomic E-state index is 0.0722. The molecule has 0 radical (unpaired) electrons. The van der Waals surface area contributed by atoms with Crippen molar-refractivity contribution in [3.63, 3.8) is 0 Å². The highest BCUT2D eigenvalue weighted by Crippen LogP contribution is 2.27. The number of piperazine rings is 1. The van der Waals surface area contributed by atoms with Gasteiger partial charge < -0.3 is 19.4 Å². The molecule has 0 aliphatic carbocycles. The monoisotopic (exact) mass is 387 g/mol. The number of amides is 1. The maximum atomic E-state index is 12.5. The summed E-state index contributed by atoms with van der Waals surface area (Å²) in [6, 6.07) is 7.53. The van der Waals surface area contributed by atoms with Gasteiger partial charge in [0.2, 0.25) is 5.91 Å². The van der Waals surface area contributed by atoms with Crippen LogP contribution in [0.3, 0.4) is 0 Å². The van der Waals surface area contributed by atoms with E-state index < -0.39 is 0 Å². The van der Waals surface area contributed by atoms with Crippen molar-refractivity contribution in [3.8, 4) is 0 Å². The Hall–Kier alpha value is -1.76. The van der Waals surface area contributed by atoms with E-state index in [4.69, 9.17) is 4.74 Å². The van der Waals surface area contributed by atoms with Gasteiger partial charge in [-0.05, 0) is 37.9 Å². The highest BCUT2D eigenvalue weighted by atomic mass is 16.5. The summed E-state index contributed by atoms with van der Waals surface area (Å²) in [6.45, 7) is 8.23. The Kier molecular flexibility index (Phi) is 8.01. The summed E-state index contributed by atoms with van der Waals surface area (Å²) in [5, 5.41) is 0. The molecule has 0 N–H and O–H groups in total. The van der Waals surface area contributed by atoms with Crippen LogP contribution in [-0.4, -0.2) is 81.0 Å². The number of benzene rings is 1. The van der Waals surface area contributed by atoms with E-state index in [0.717, 1.165) is 70.8 Å². The van der Waals surface area contributed by atoms with Crippen LogP contribution in [0.5, 0.6) is 0 Å².